The smallest absolute Gasteiger partial charge is 0.321 e. The summed E-state index contributed by atoms with van der Waals surface area (Å²) in [6, 6.07) is 13.5. The van der Waals surface area contributed by atoms with Gasteiger partial charge in [-0.25, -0.2) is 9.18 Å². The third kappa shape index (κ3) is 4.77. The van der Waals surface area contributed by atoms with Crippen LogP contribution in [-0.4, -0.2) is 42.2 Å². The molecule has 2 amide bonds. The maximum Gasteiger partial charge on any atom is 0.321 e. The summed E-state index contributed by atoms with van der Waals surface area (Å²) in [4.78, 5) is 26.0. The van der Waals surface area contributed by atoms with Crippen molar-refractivity contribution in [2.75, 3.05) is 25.5 Å². The zero-order valence-electron chi connectivity index (χ0n) is 18.7. The van der Waals surface area contributed by atoms with Crippen molar-refractivity contribution in [2.24, 2.45) is 0 Å². The van der Waals surface area contributed by atoms with Crippen LogP contribution in [0.25, 0.3) is 10.8 Å². The number of para-hydroxylation sites is 2. The van der Waals surface area contributed by atoms with Gasteiger partial charge in [0, 0.05) is 13.1 Å². The highest BCUT2D eigenvalue weighted by molar-refractivity contribution is 5.91. The van der Waals surface area contributed by atoms with Crippen molar-refractivity contribution in [3.8, 4) is 5.75 Å². The number of amides is 2. The van der Waals surface area contributed by atoms with Crippen LogP contribution in [0.5, 0.6) is 5.75 Å². The van der Waals surface area contributed by atoms with Gasteiger partial charge in [0.2, 0.25) is 0 Å². The van der Waals surface area contributed by atoms with Gasteiger partial charge in [0.25, 0.3) is 0 Å². The Morgan fingerprint density at radius 3 is 2.58 bits per heavy atom. The fourth-order valence-corrected chi connectivity index (χ4v) is 4.74. The number of fused-ring (bicyclic) bond motifs is 1. The lowest BCUT2D eigenvalue weighted by atomic mass is 9.81. The number of methoxy groups -OCH3 is 1. The molecule has 1 heterocycles. The molecule has 1 aliphatic rings. The van der Waals surface area contributed by atoms with Crippen molar-refractivity contribution >= 4 is 28.5 Å². The van der Waals surface area contributed by atoms with E-state index in [0.717, 1.165) is 27.5 Å². The van der Waals surface area contributed by atoms with E-state index in [1.54, 1.807) is 30.2 Å². The highest BCUT2D eigenvalue weighted by Crippen LogP contribution is 2.38. The Kier molecular flexibility index (Phi) is 6.49. The van der Waals surface area contributed by atoms with E-state index in [1.165, 1.54) is 12.1 Å². The third-order valence-electron chi connectivity index (χ3n) is 6.40. The molecule has 0 aromatic heterocycles. The maximum atomic E-state index is 14.1. The summed E-state index contributed by atoms with van der Waals surface area (Å²) in [6.45, 7) is 3.01. The largest absolute Gasteiger partial charge is 0.495 e. The number of anilines is 1. The Morgan fingerprint density at radius 2 is 1.88 bits per heavy atom. The predicted octanol–water partition coefficient (Wildman–Crippen LogP) is 5.33. The Bertz CT molecular complexity index is 1200. The normalized spacial score (nSPS) is 14.3. The number of carbonyl (C=O) groups excluding carboxylic acids is 1. The van der Waals surface area contributed by atoms with E-state index in [0.29, 0.717) is 37.4 Å². The van der Waals surface area contributed by atoms with Gasteiger partial charge in [-0.05, 0) is 77.4 Å². The van der Waals surface area contributed by atoms with Gasteiger partial charge in [-0.15, -0.1) is 0 Å². The molecule has 0 unspecified atom stereocenters. The SMILES string of the molecule is COc1ccccc1NC(=O)N1CCC(c2c(C)c(CC(=O)O)cc3ccc(F)cc23)CC1. The number of hydrogen-bond acceptors (Lipinski definition) is 3. The van der Waals surface area contributed by atoms with Gasteiger partial charge < -0.3 is 20.1 Å². The fourth-order valence-electron chi connectivity index (χ4n) is 4.74. The number of halogens is 1. The average molecular weight is 451 g/mol. The van der Waals surface area contributed by atoms with Crippen LogP contribution in [0, 0.1) is 12.7 Å². The Labute approximate surface area is 192 Å². The van der Waals surface area contributed by atoms with Gasteiger partial charge in [0.15, 0.2) is 0 Å². The van der Waals surface area contributed by atoms with Crippen LogP contribution in [0.15, 0.2) is 48.5 Å². The molecule has 1 aliphatic heterocycles. The van der Waals surface area contributed by atoms with E-state index < -0.39 is 5.97 Å². The van der Waals surface area contributed by atoms with Gasteiger partial charge in [0.05, 0.1) is 19.2 Å². The molecule has 33 heavy (non-hydrogen) atoms. The van der Waals surface area contributed by atoms with E-state index in [4.69, 9.17) is 4.74 Å². The summed E-state index contributed by atoms with van der Waals surface area (Å²) >= 11 is 0. The minimum Gasteiger partial charge on any atom is -0.495 e. The molecule has 0 radical (unpaired) electrons. The molecule has 3 aromatic carbocycles. The fraction of sp³-hybridized carbons (Fsp3) is 0.308. The number of nitrogens with one attached hydrogen (secondary N) is 1. The van der Waals surface area contributed by atoms with Crippen LogP contribution in [0.4, 0.5) is 14.9 Å². The molecule has 0 atom stereocenters. The zero-order valence-corrected chi connectivity index (χ0v) is 18.7. The molecule has 1 saturated heterocycles. The summed E-state index contributed by atoms with van der Waals surface area (Å²) in [5.74, 6) is -0.505. The molecule has 6 nitrogen and oxygen atoms in total. The first kappa shape index (κ1) is 22.6. The van der Waals surface area contributed by atoms with Crippen molar-refractivity contribution in [2.45, 2.75) is 32.1 Å². The second kappa shape index (κ2) is 9.48. The van der Waals surface area contributed by atoms with E-state index in [1.807, 2.05) is 25.1 Å². The van der Waals surface area contributed by atoms with Crippen LogP contribution in [0.1, 0.15) is 35.4 Å². The summed E-state index contributed by atoms with van der Waals surface area (Å²) in [7, 11) is 1.56. The molecular formula is C26H27FN2O4. The Balaban J connectivity index is 1.56. The number of benzene rings is 3. The molecule has 172 valence electrons. The Hall–Kier alpha value is -3.61. The van der Waals surface area contributed by atoms with Gasteiger partial charge in [0.1, 0.15) is 11.6 Å². The van der Waals surface area contributed by atoms with Crippen LogP contribution in [-0.2, 0) is 11.2 Å². The van der Waals surface area contributed by atoms with Crippen LogP contribution >= 0.6 is 0 Å². The molecule has 1 fully saturated rings. The summed E-state index contributed by atoms with van der Waals surface area (Å²) in [6.07, 6.45) is 1.34. The molecule has 3 aromatic rings. The average Bonchev–Trinajstić information content (AvgIpc) is 2.80. The quantitative estimate of drug-likeness (QED) is 0.550. The maximum absolute atomic E-state index is 14.1. The number of piperidine rings is 1. The van der Waals surface area contributed by atoms with Crippen LogP contribution in [0.2, 0.25) is 0 Å². The highest BCUT2D eigenvalue weighted by atomic mass is 19.1. The first-order valence-electron chi connectivity index (χ1n) is 11.0. The summed E-state index contributed by atoms with van der Waals surface area (Å²) in [5.41, 5.74) is 3.25. The van der Waals surface area contributed by atoms with Gasteiger partial charge >= 0.3 is 12.0 Å². The topological polar surface area (TPSA) is 78.9 Å². The van der Waals surface area contributed by atoms with E-state index >= 15 is 0 Å². The minimum atomic E-state index is -0.895. The molecule has 7 heteroatoms. The lowest BCUT2D eigenvalue weighted by Gasteiger charge is -2.34. The van der Waals surface area contributed by atoms with Crippen molar-refractivity contribution in [1.82, 2.24) is 4.90 Å². The Morgan fingerprint density at radius 1 is 1.15 bits per heavy atom. The zero-order chi connectivity index (χ0) is 23.5. The van der Waals surface area contributed by atoms with Crippen molar-refractivity contribution in [1.29, 1.82) is 0 Å². The molecule has 0 saturated carbocycles. The predicted molar refractivity (Wildman–Crippen MR) is 126 cm³/mol. The second-order valence-electron chi connectivity index (χ2n) is 8.40. The number of rotatable bonds is 5. The number of carboxylic acid groups (broad SMARTS) is 1. The van der Waals surface area contributed by atoms with Crippen LogP contribution in [0.3, 0.4) is 0 Å². The number of urea groups is 1. The highest BCUT2D eigenvalue weighted by Gasteiger charge is 2.27. The van der Waals surface area contributed by atoms with Crippen molar-refractivity contribution < 1.29 is 23.8 Å². The molecular weight excluding hydrogens is 423 g/mol. The lowest BCUT2D eigenvalue weighted by molar-refractivity contribution is -0.136. The number of likely N-dealkylation sites (tertiary alicyclic amines) is 1. The standard InChI is InChI=1S/C26H27FN2O4/c1-16-19(14-24(30)31)13-18-7-8-20(27)15-21(18)25(16)17-9-11-29(12-10-17)26(32)28-22-5-3-4-6-23(22)33-2/h3-8,13,15,17H,9-12,14H2,1-2H3,(H,28,32)(H,30,31). The van der Waals surface area contributed by atoms with Crippen molar-refractivity contribution in [3.63, 3.8) is 0 Å². The van der Waals surface area contributed by atoms with E-state index in [-0.39, 0.29) is 24.2 Å². The first-order chi connectivity index (χ1) is 15.9. The van der Waals surface area contributed by atoms with Gasteiger partial charge in [-0.1, -0.05) is 24.3 Å². The molecule has 2 N–H and O–H groups in total. The minimum absolute atomic E-state index is 0.0771. The molecule has 0 aliphatic carbocycles. The van der Waals surface area contributed by atoms with Crippen molar-refractivity contribution in [3.05, 3.63) is 71.0 Å². The lowest BCUT2D eigenvalue weighted by Crippen LogP contribution is -2.40. The number of aliphatic carboxylic acids is 1. The van der Waals surface area contributed by atoms with Crippen LogP contribution < -0.4 is 10.1 Å². The summed E-state index contributed by atoms with van der Waals surface area (Å²) in [5, 5.41) is 13.9. The molecule has 0 bridgehead atoms. The number of carbonyl (C=O) groups is 2. The van der Waals surface area contributed by atoms with Gasteiger partial charge in [-0.2, -0.15) is 0 Å². The molecule has 4 rings (SSSR count). The van der Waals surface area contributed by atoms with Gasteiger partial charge in [-0.3, -0.25) is 4.79 Å². The molecule has 0 spiro atoms. The monoisotopic (exact) mass is 450 g/mol. The van der Waals surface area contributed by atoms with E-state index in [9.17, 15) is 19.1 Å². The number of carboxylic acids is 1. The number of nitrogens with zero attached hydrogens (tertiary/aromatic N) is 1. The van der Waals surface area contributed by atoms with E-state index in [2.05, 4.69) is 5.32 Å². The third-order valence-corrected chi connectivity index (χ3v) is 6.40. The number of hydrogen-bond donors (Lipinski definition) is 2. The first-order valence-corrected chi connectivity index (χ1v) is 11.0. The second-order valence-corrected chi connectivity index (χ2v) is 8.40. The number of ether oxygens (including phenoxy) is 1. The summed E-state index contributed by atoms with van der Waals surface area (Å²) < 4.78 is 19.4.